The summed E-state index contributed by atoms with van der Waals surface area (Å²) >= 11 is 0. The van der Waals surface area contributed by atoms with Crippen LogP contribution >= 0.6 is 0 Å². The maximum Gasteiger partial charge on any atom is 0.226 e. The van der Waals surface area contributed by atoms with Crippen LogP contribution in [0.25, 0.3) is 6.08 Å². The van der Waals surface area contributed by atoms with Crippen molar-refractivity contribution in [3.8, 4) is 5.75 Å². The summed E-state index contributed by atoms with van der Waals surface area (Å²) in [4.78, 5) is 26.4. The molecule has 0 fully saturated rings. The SMILES string of the molecule is CCCOc1ccccc1NC(=O)C[C@H]1c2ccccc2C=CN1C(C)=O. The molecule has 2 amide bonds. The van der Waals surface area contributed by atoms with Gasteiger partial charge in [-0.1, -0.05) is 43.3 Å². The predicted molar refractivity (Wildman–Crippen MR) is 106 cm³/mol. The van der Waals surface area contributed by atoms with Crippen LogP contribution in [0.4, 0.5) is 5.69 Å². The lowest BCUT2D eigenvalue weighted by molar-refractivity contribution is -0.129. The summed E-state index contributed by atoms with van der Waals surface area (Å²) in [5.41, 5.74) is 2.64. The first-order chi connectivity index (χ1) is 13.1. The molecular formula is C22H24N2O3. The minimum Gasteiger partial charge on any atom is -0.491 e. The fraction of sp³-hybridized carbons (Fsp3) is 0.273. The molecule has 2 aromatic carbocycles. The van der Waals surface area contributed by atoms with E-state index in [1.807, 2.05) is 61.5 Å². The first-order valence-corrected chi connectivity index (χ1v) is 9.18. The van der Waals surface area contributed by atoms with Gasteiger partial charge in [0.2, 0.25) is 11.8 Å². The summed E-state index contributed by atoms with van der Waals surface area (Å²) in [6.07, 6.45) is 4.71. The molecule has 0 saturated heterocycles. The van der Waals surface area contributed by atoms with Gasteiger partial charge in [-0.25, -0.2) is 0 Å². The third-order valence-corrected chi connectivity index (χ3v) is 4.47. The molecule has 2 aromatic rings. The monoisotopic (exact) mass is 364 g/mol. The van der Waals surface area contributed by atoms with Gasteiger partial charge in [-0.2, -0.15) is 0 Å². The van der Waals surface area contributed by atoms with Crippen LogP contribution in [0.5, 0.6) is 5.75 Å². The van der Waals surface area contributed by atoms with E-state index < -0.39 is 0 Å². The maximum atomic E-state index is 12.8. The van der Waals surface area contributed by atoms with Gasteiger partial charge in [0.15, 0.2) is 0 Å². The summed E-state index contributed by atoms with van der Waals surface area (Å²) in [6, 6.07) is 14.9. The number of fused-ring (bicyclic) bond motifs is 1. The molecule has 140 valence electrons. The Morgan fingerprint density at radius 1 is 1.11 bits per heavy atom. The molecule has 0 saturated carbocycles. The van der Waals surface area contributed by atoms with E-state index in [2.05, 4.69) is 5.32 Å². The molecule has 27 heavy (non-hydrogen) atoms. The van der Waals surface area contributed by atoms with Crippen LogP contribution < -0.4 is 10.1 Å². The zero-order valence-corrected chi connectivity index (χ0v) is 15.6. The van der Waals surface area contributed by atoms with Crippen molar-refractivity contribution >= 4 is 23.6 Å². The second-order valence-corrected chi connectivity index (χ2v) is 6.48. The predicted octanol–water partition coefficient (Wildman–Crippen LogP) is 4.38. The first kappa shape index (κ1) is 18.7. The quantitative estimate of drug-likeness (QED) is 0.828. The van der Waals surface area contributed by atoms with E-state index in [0.29, 0.717) is 18.0 Å². The Kier molecular flexibility index (Phi) is 5.91. The number of hydrogen-bond acceptors (Lipinski definition) is 3. The molecule has 1 aliphatic rings. The summed E-state index contributed by atoms with van der Waals surface area (Å²) in [6.45, 7) is 4.13. The zero-order chi connectivity index (χ0) is 19.2. The maximum absolute atomic E-state index is 12.8. The number of amides is 2. The van der Waals surface area contributed by atoms with Crippen molar-refractivity contribution in [3.63, 3.8) is 0 Å². The van der Waals surface area contributed by atoms with Crippen LogP contribution in [-0.4, -0.2) is 23.3 Å². The average molecular weight is 364 g/mol. The standard InChI is InChI=1S/C22H24N2O3/c1-3-14-27-21-11-7-6-10-19(21)23-22(26)15-20-18-9-5-4-8-17(18)12-13-24(20)16(2)25/h4-13,20H,3,14-15H2,1-2H3,(H,23,26)/t20-/m0/s1. The number of carbonyl (C=O) groups excluding carboxylic acids is 2. The van der Waals surface area contributed by atoms with Gasteiger partial charge >= 0.3 is 0 Å². The van der Waals surface area contributed by atoms with Crippen LogP contribution in [0.1, 0.15) is 43.9 Å². The number of hydrogen-bond donors (Lipinski definition) is 1. The molecule has 5 nitrogen and oxygen atoms in total. The number of carbonyl (C=O) groups is 2. The van der Waals surface area contributed by atoms with Crippen LogP contribution in [0, 0.1) is 0 Å². The molecule has 1 atom stereocenters. The molecule has 0 aliphatic carbocycles. The van der Waals surface area contributed by atoms with E-state index in [0.717, 1.165) is 17.5 Å². The van der Waals surface area contributed by atoms with Gasteiger partial charge in [0.1, 0.15) is 5.75 Å². The van der Waals surface area contributed by atoms with Crippen molar-refractivity contribution in [2.45, 2.75) is 32.7 Å². The van der Waals surface area contributed by atoms with Crippen LogP contribution in [0.15, 0.2) is 54.7 Å². The molecule has 0 bridgehead atoms. The Hall–Kier alpha value is -3.08. The fourth-order valence-electron chi connectivity index (χ4n) is 3.20. The van der Waals surface area contributed by atoms with Crippen LogP contribution in [0.2, 0.25) is 0 Å². The molecule has 3 rings (SSSR count). The molecule has 0 unspecified atom stereocenters. The van der Waals surface area contributed by atoms with E-state index in [4.69, 9.17) is 4.74 Å². The molecule has 5 heteroatoms. The molecule has 0 radical (unpaired) electrons. The van der Waals surface area contributed by atoms with Gasteiger partial charge in [0.25, 0.3) is 0 Å². The van der Waals surface area contributed by atoms with Crippen molar-refractivity contribution in [1.29, 1.82) is 0 Å². The molecule has 0 aromatic heterocycles. The number of nitrogens with one attached hydrogen (secondary N) is 1. The van der Waals surface area contributed by atoms with Gasteiger partial charge in [-0.15, -0.1) is 0 Å². The highest BCUT2D eigenvalue weighted by atomic mass is 16.5. The normalized spacial score (nSPS) is 15.2. The molecule has 1 aliphatic heterocycles. The Labute approximate surface area is 159 Å². The van der Waals surface area contributed by atoms with Crippen LogP contribution in [-0.2, 0) is 9.59 Å². The van der Waals surface area contributed by atoms with Crippen LogP contribution in [0.3, 0.4) is 0 Å². The number of para-hydroxylation sites is 2. The highest BCUT2D eigenvalue weighted by molar-refractivity contribution is 5.93. The second kappa shape index (κ2) is 8.54. The number of anilines is 1. The van der Waals surface area contributed by atoms with Crippen molar-refractivity contribution in [3.05, 3.63) is 65.9 Å². The third-order valence-electron chi connectivity index (χ3n) is 4.47. The van der Waals surface area contributed by atoms with Crippen molar-refractivity contribution in [2.75, 3.05) is 11.9 Å². The highest BCUT2D eigenvalue weighted by Crippen LogP contribution is 2.33. The van der Waals surface area contributed by atoms with E-state index in [9.17, 15) is 9.59 Å². The Balaban J connectivity index is 1.78. The van der Waals surface area contributed by atoms with E-state index in [1.54, 1.807) is 11.1 Å². The molecular weight excluding hydrogens is 340 g/mol. The molecule has 1 heterocycles. The lowest BCUT2D eigenvalue weighted by Crippen LogP contribution is -2.33. The molecule has 1 N–H and O–H groups in total. The van der Waals surface area contributed by atoms with Crippen molar-refractivity contribution in [1.82, 2.24) is 4.90 Å². The fourth-order valence-corrected chi connectivity index (χ4v) is 3.20. The van der Waals surface area contributed by atoms with E-state index in [1.165, 1.54) is 6.92 Å². The van der Waals surface area contributed by atoms with Gasteiger partial charge in [-0.3, -0.25) is 9.59 Å². The number of nitrogens with zero attached hydrogens (tertiary/aromatic N) is 1. The number of ether oxygens (including phenoxy) is 1. The van der Waals surface area contributed by atoms with Gasteiger partial charge in [0, 0.05) is 13.1 Å². The largest absolute Gasteiger partial charge is 0.491 e. The Morgan fingerprint density at radius 3 is 2.63 bits per heavy atom. The summed E-state index contributed by atoms with van der Waals surface area (Å²) in [5.74, 6) is 0.397. The zero-order valence-electron chi connectivity index (χ0n) is 15.6. The van der Waals surface area contributed by atoms with Gasteiger partial charge in [0.05, 0.1) is 24.8 Å². The van der Waals surface area contributed by atoms with Gasteiger partial charge < -0.3 is 15.0 Å². The first-order valence-electron chi connectivity index (χ1n) is 9.18. The average Bonchev–Trinajstić information content (AvgIpc) is 2.67. The minimum atomic E-state index is -0.326. The number of benzene rings is 2. The topological polar surface area (TPSA) is 58.6 Å². The minimum absolute atomic E-state index is 0.0924. The van der Waals surface area contributed by atoms with E-state index >= 15 is 0 Å². The Bertz CT molecular complexity index is 860. The second-order valence-electron chi connectivity index (χ2n) is 6.48. The third kappa shape index (κ3) is 4.37. The summed E-state index contributed by atoms with van der Waals surface area (Å²) < 4.78 is 5.70. The smallest absolute Gasteiger partial charge is 0.226 e. The lowest BCUT2D eigenvalue weighted by Gasteiger charge is -2.32. The Morgan fingerprint density at radius 2 is 1.85 bits per heavy atom. The van der Waals surface area contributed by atoms with E-state index in [-0.39, 0.29) is 24.3 Å². The lowest BCUT2D eigenvalue weighted by atomic mass is 9.93. The van der Waals surface area contributed by atoms with Crippen molar-refractivity contribution in [2.24, 2.45) is 0 Å². The highest BCUT2D eigenvalue weighted by Gasteiger charge is 2.28. The summed E-state index contributed by atoms with van der Waals surface area (Å²) in [7, 11) is 0. The summed E-state index contributed by atoms with van der Waals surface area (Å²) in [5, 5.41) is 2.93. The van der Waals surface area contributed by atoms with Crippen molar-refractivity contribution < 1.29 is 14.3 Å². The molecule has 0 spiro atoms. The van der Waals surface area contributed by atoms with Gasteiger partial charge in [-0.05, 0) is 35.8 Å². The number of rotatable bonds is 6.